The van der Waals surface area contributed by atoms with Gasteiger partial charge >= 0.3 is 0 Å². The number of amides is 1. The minimum Gasteiger partial charge on any atom is -0.267 e. The van der Waals surface area contributed by atoms with Crippen LogP contribution in [0.2, 0.25) is 0 Å². The Morgan fingerprint density at radius 3 is 2.67 bits per heavy atom. The molecule has 1 aliphatic carbocycles. The molecule has 0 saturated carbocycles. The van der Waals surface area contributed by atoms with Crippen LogP contribution in [0.5, 0.6) is 0 Å². The number of hydrazone groups is 1. The highest BCUT2D eigenvalue weighted by molar-refractivity contribution is 6.50. The van der Waals surface area contributed by atoms with Crippen molar-refractivity contribution in [2.75, 3.05) is 0 Å². The molecule has 1 amide bonds. The first-order valence-corrected chi connectivity index (χ1v) is 8.40. The van der Waals surface area contributed by atoms with E-state index < -0.39 is 0 Å². The molecule has 0 aromatic heterocycles. The van der Waals surface area contributed by atoms with Gasteiger partial charge in [-0.05, 0) is 55.0 Å². The summed E-state index contributed by atoms with van der Waals surface area (Å²) in [6.07, 6.45) is 4.52. The maximum absolute atomic E-state index is 12.1. The molecule has 0 fully saturated rings. The Hall–Kier alpha value is -2.39. The van der Waals surface area contributed by atoms with Gasteiger partial charge in [0.15, 0.2) is 0 Å². The summed E-state index contributed by atoms with van der Waals surface area (Å²) in [5.74, 6) is -0.225. The highest BCUT2D eigenvalue weighted by Crippen LogP contribution is 2.31. The van der Waals surface area contributed by atoms with E-state index in [-0.39, 0.29) is 5.91 Å². The first kappa shape index (κ1) is 16.5. The van der Waals surface area contributed by atoms with Crippen LogP contribution in [0.4, 0.5) is 0 Å². The van der Waals surface area contributed by atoms with Crippen molar-refractivity contribution < 1.29 is 4.79 Å². The zero-order valence-corrected chi connectivity index (χ0v) is 14.3. The second kappa shape index (κ2) is 7.45. The van der Waals surface area contributed by atoms with Gasteiger partial charge in [-0.2, -0.15) is 5.10 Å². The minimum absolute atomic E-state index is 0.225. The lowest BCUT2D eigenvalue weighted by atomic mass is 10.0. The van der Waals surface area contributed by atoms with Gasteiger partial charge in [-0.1, -0.05) is 53.6 Å². The van der Waals surface area contributed by atoms with Gasteiger partial charge in [0.25, 0.3) is 5.91 Å². The zero-order chi connectivity index (χ0) is 16.9. The van der Waals surface area contributed by atoms with E-state index in [2.05, 4.69) is 16.6 Å². The van der Waals surface area contributed by atoms with Crippen LogP contribution in [0.3, 0.4) is 0 Å². The molecule has 0 spiro atoms. The number of carbonyl (C=O) groups excluding carboxylic acids is 1. The average molecular weight is 339 g/mol. The average Bonchev–Trinajstić information content (AvgIpc) is 2.75. The molecular formula is C20H19ClN2O. The van der Waals surface area contributed by atoms with Crippen molar-refractivity contribution in [3.8, 4) is 0 Å². The topological polar surface area (TPSA) is 41.5 Å². The third kappa shape index (κ3) is 3.74. The summed E-state index contributed by atoms with van der Waals surface area (Å²) < 4.78 is 0. The Bertz CT molecular complexity index is 807. The Morgan fingerprint density at radius 1 is 1.12 bits per heavy atom. The second-order valence-electron chi connectivity index (χ2n) is 5.92. The first-order valence-electron chi connectivity index (χ1n) is 8.02. The summed E-state index contributed by atoms with van der Waals surface area (Å²) in [6.45, 7) is 1.98. The number of nitrogens with zero attached hydrogens (tertiary/aromatic N) is 1. The molecule has 0 saturated heterocycles. The lowest BCUT2D eigenvalue weighted by Gasteiger charge is -2.05. The molecule has 0 heterocycles. The van der Waals surface area contributed by atoms with Crippen LogP contribution >= 0.6 is 11.6 Å². The third-order valence-corrected chi connectivity index (χ3v) is 4.57. The van der Waals surface area contributed by atoms with E-state index in [4.69, 9.17) is 11.6 Å². The van der Waals surface area contributed by atoms with Crippen molar-refractivity contribution in [2.24, 2.45) is 5.10 Å². The highest BCUT2D eigenvalue weighted by Gasteiger charge is 2.14. The van der Waals surface area contributed by atoms with Gasteiger partial charge in [0.05, 0.1) is 11.2 Å². The normalized spacial score (nSPS) is 14.4. The van der Waals surface area contributed by atoms with Crippen LogP contribution in [0.25, 0.3) is 5.03 Å². The number of hydrogen-bond acceptors (Lipinski definition) is 2. The molecule has 3 rings (SSSR count). The summed E-state index contributed by atoms with van der Waals surface area (Å²) in [4.78, 5) is 12.1. The van der Waals surface area contributed by atoms with Crippen LogP contribution in [0.1, 0.15) is 39.9 Å². The van der Waals surface area contributed by atoms with Crippen molar-refractivity contribution in [3.05, 3.63) is 76.4 Å². The molecule has 24 heavy (non-hydrogen) atoms. The SMILES string of the molecule is Cc1ccc(C(=O)N/N=C/C2=C(Cl)c3ccccc3CCC2)cc1. The van der Waals surface area contributed by atoms with Crippen molar-refractivity contribution >= 4 is 28.8 Å². The van der Waals surface area contributed by atoms with Gasteiger partial charge in [-0.25, -0.2) is 5.43 Å². The quantitative estimate of drug-likeness (QED) is 0.639. The van der Waals surface area contributed by atoms with Crippen molar-refractivity contribution in [1.29, 1.82) is 0 Å². The summed E-state index contributed by atoms with van der Waals surface area (Å²) >= 11 is 6.54. The number of allylic oxidation sites excluding steroid dienone is 1. The molecular weight excluding hydrogens is 320 g/mol. The van der Waals surface area contributed by atoms with Gasteiger partial charge in [-0.3, -0.25) is 4.79 Å². The Balaban J connectivity index is 1.74. The number of fused-ring (bicyclic) bond motifs is 1. The summed E-state index contributed by atoms with van der Waals surface area (Å²) in [5.41, 5.74) is 7.54. The van der Waals surface area contributed by atoms with Gasteiger partial charge in [-0.15, -0.1) is 0 Å². The number of carbonyl (C=O) groups is 1. The fourth-order valence-corrected chi connectivity index (χ4v) is 3.09. The van der Waals surface area contributed by atoms with E-state index in [0.29, 0.717) is 5.56 Å². The maximum Gasteiger partial charge on any atom is 0.271 e. The van der Waals surface area contributed by atoms with E-state index in [0.717, 1.165) is 41.0 Å². The Morgan fingerprint density at radius 2 is 1.88 bits per heavy atom. The second-order valence-corrected chi connectivity index (χ2v) is 6.29. The fourth-order valence-electron chi connectivity index (χ4n) is 2.76. The lowest BCUT2D eigenvalue weighted by Crippen LogP contribution is -2.17. The van der Waals surface area contributed by atoms with E-state index >= 15 is 0 Å². The predicted molar refractivity (Wildman–Crippen MR) is 99.3 cm³/mol. The number of nitrogens with one attached hydrogen (secondary N) is 1. The summed E-state index contributed by atoms with van der Waals surface area (Å²) in [6, 6.07) is 15.5. The van der Waals surface area contributed by atoms with Crippen LogP contribution in [-0.2, 0) is 6.42 Å². The largest absolute Gasteiger partial charge is 0.271 e. The molecule has 0 radical (unpaired) electrons. The molecule has 0 bridgehead atoms. The van der Waals surface area contributed by atoms with Crippen LogP contribution < -0.4 is 5.43 Å². The van der Waals surface area contributed by atoms with Crippen LogP contribution in [0, 0.1) is 6.92 Å². The number of rotatable bonds is 3. The summed E-state index contributed by atoms with van der Waals surface area (Å²) in [5, 5.41) is 4.81. The van der Waals surface area contributed by atoms with E-state index in [1.807, 2.05) is 37.3 Å². The molecule has 2 aromatic carbocycles. The van der Waals surface area contributed by atoms with Crippen molar-refractivity contribution in [3.63, 3.8) is 0 Å². The maximum atomic E-state index is 12.1. The number of aryl methyl sites for hydroxylation is 2. The third-order valence-electron chi connectivity index (χ3n) is 4.13. The molecule has 3 nitrogen and oxygen atoms in total. The van der Waals surface area contributed by atoms with E-state index in [1.165, 1.54) is 5.56 Å². The number of hydrogen-bond donors (Lipinski definition) is 1. The fraction of sp³-hybridized carbons (Fsp3) is 0.200. The Labute approximate surface area is 147 Å². The Kier molecular flexibility index (Phi) is 5.11. The number of halogens is 1. The first-order chi connectivity index (χ1) is 11.6. The van der Waals surface area contributed by atoms with Crippen LogP contribution in [0.15, 0.2) is 59.2 Å². The monoisotopic (exact) mass is 338 g/mol. The van der Waals surface area contributed by atoms with Crippen LogP contribution in [-0.4, -0.2) is 12.1 Å². The van der Waals surface area contributed by atoms with Gasteiger partial charge in [0.1, 0.15) is 0 Å². The van der Waals surface area contributed by atoms with Gasteiger partial charge in [0, 0.05) is 5.56 Å². The molecule has 2 aromatic rings. The summed E-state index contributed by atoms with van der Waals surface area (Å²) in [7, 11) is 0. The molecule has 0 aliphatic heterocycles. The smallest absolute Gasteiger partial charge is 0.267 e. The lowest BCUT2D eigenvalue weighted by molar-refractivity contribution is 0.0955. The molecule has 1 aliphatic rings. The molecule has 0 atom stereocenters. The molecule has 0 unspecified atom stereocenters. The van der Waals surface area contributed by atoms with Crippen molar-refractivity contribution in [2.45, 2.75) is 26.2 Å². The molecule has 1 N–H and O–H groups in total. The van der Waals surface area contributed by atoms with Gasteiger partial charge in [0.2, 0.25) is 0 Å². The van der Waals surface area contributed by atoms with Crippen molar-refractivity contribution in [1.82, 2.24) is 5.43 Å². The standard InChI is InChI=1S/C20H19ClN2O/c1-14-9-11-16(12-10-14)20(24)23-22-13-17-7-4-6-15-5-2-3-8-18(15)19(17)21/h2-3,5,8-13H,4,6-7H2,1H3,(H,23,24)/b22-13+. The highest BCUT2D eigenvalue weighted by atomic mass is 35.5. The number of benzene rings is 2. The van der Waals surface area contributed by atoms with Gasteiger partial charge < -0.3 is 0 Å². The minimum atomic E-state index is -0.225. The predicted octanol–water partition coefficient (Wildman–Crippen LogP) is 4.70. The molecule has 4 heteroatoms. The van der Waals surface area contributed by atoms with E-state index in [1.54, 1.807) is 18.3 Å². The zero-order valence-electron chi connectivity index (χ0n) is 13.6. The van der Waals surface area contributed by atoms with E-state index in [9.17, 15) is 4.79 Å². The molecule has 122 valence electrons.